The van der Waals surface area contributed by atoms with Crippen LogP contribution in [0.15, 0.2) is 18.2 Å². The van der Waals surface area contributed by atoms with E-state index in [1.807, 2.05) is 18.2 Å². The lowest BCUT2D eigenvalue weighted by molar-refractivity contribution is -0.151. The number of carboxylic acid groups (broad SMARTS) is 1. The molecule has 0 atom stereocenters. The van der Waals surface area contributed by atoms with Gasteiger partial charge >= 0.3 is 5.97 Å². The van der Waals surface area contributed by atoms with Gasteiger partial charge in [0.1, 0.15) is 0 Å². The average molecular weight is 280 g/mol. The largest absolute Gasteiger partial charge is 0.481 e. The van der Waals surface area contributed by atoms with Crippen LogP contribution in [0.5, 0.6) is 0 Å². The maximum absolute atomic E-state index is 12.2. The molecule has 1 amide bonds. The SMILES string of the molecule is O=C(O)C1CC(C(=O)N2Cc3ccc(Cl)cc3C2)C1. The highest BCUT2D eigenvalue weighted by Crippen LogP contribution is 2.37. The van der Waals surface area contributed by atoms with Crippen LogP contribution in [0.3, 0.4) is 0 Å². The Balaban J connectivity index is 1.64. The van der Waals surface area contributed by atoms with Crippen molar-refractivity contribution in [1.82, 2.24) is 4.90 Å². The Morgan fingerprint density at radius 1 is 1.16 bits per heavy atom. The summed E-state index contributed by atoms with van der Waals surface area (Å²) in [7, 11) is 0. The first-order chi connectivity index (χ1) is 9.04. The van der Waals surface area contributed by atoms with E-state index in [9.17, 15) is 9.59 Å². The van der Waals surface area contributed by atoms with Gasteiger partial charge in [-0.2, -0.15) is 0 Å². The number of amides is 1. The van der Waals surface area contributed by atoms with E-state index < -0.39 is 5.97 Å². The predicted octanol–water partition coefficient (Wildman–Crippen LogP) is 2.29. The molecule has 0 aromatic heterocycles. The van der Waals surface area contributed by atoms with Gasteiger partial charge in [-0.25, -0.2) is 0 Å². The van der Waals surface area contributed by atoms with E-state index >= 15 is 0 Å². The zero-order chi connectivity index (χ0) is 13.6. The normalized spacial score (nSPS) is 24.8. The first kappa shape index (κ1) is 12.5. The first-order valence-electron chi connectivity index (χ1n) is 6.33. The summed E-state index contributed by atoms with van der Waals surface area (Å²) in [6, 6.07) is 5.68. The van der Waals surface area contributed by atoms with Crippen LogP contribution < -0.4 is 0 Å². The third kappa shape index (κ3) is 2.21. The molecule has 3 rings (SSSR count). The summed E-state index contributed by atoms with van der Waals surface area (Å²) in [6.07, 6.45) is 0.948. The zero-order valence-electron chi connectivity index (χ0n) is 10.3. The molecule has 1 aromatic carbocycles. The van der Waals surface area contributed by atoms with Crippen molar-refractivity contribution in [2.45, 2.75) is 25.9 Å². The molecule has 0 radical (unpaired) electrons. The Labute approximate surface area is 116 Å². The standard InChI is InChI=1S/C14H14ClNO3/c15-12-2-1-8-6-16(7-11(8)5-12)13(17)9-3-10(4-9)14(18)19/h1-2,5,9-10H,3-4,6-7H2,(H,18,19). The molecule has 19 heavy (non-hydrogen) atoms. The van der Waals surface area contributed by atoms with E-state index in [1.165, 1.54) is 0 Å². The fourth-order valence-corrected chi connectivity index (χ4v) is 2.99. The second kappa shape index (κ2) is 4.53. The zero-order valence-corrected chi connectivity index (χ0v) is 11.1. The second-order valence-electron chi connectivity index (χ2n) is 5.31. The fourth-order valence-electron chi connectivity index (χ4n) is 2.80. The molecule has 1 aromatic rings. The number of hydrogen-bond acceptors (Lipinski definition) is 2. The van der Waals surface area contributed by atoms with Gasteiger partial charge in [0, 0.05) is 24.0 Å². The molecule has 1 aliphatic heterocycles. The summed E-state index contributed by atoms with van der Waals surface area (Å²) in [5.74, 6) is -1.18. The molecule has 0 spiro atoms. The molecule has 2 aliphatic rings. The fraction of sp³-hybridized carbons (Fsp3) is 0.429. The topological polar surface area (TPSA) is 57.6 Å². The molecule has 100 valence electrons. The van der Waals surface area contributed by atoms with Crippen molar-refractivity contribution in [3.8, 4) is 0 Å². The van der Waals surface area contributed by atoms with Crippen molar-refractivity contribution in [3.63, 3.8) is 0 Å². The summed E-state index contributed by atoms with van der Waals surface area (Å²) in [4.78, 5) is 24.8. The lowest BCUT2D eigenvalue weighted by Gasteiger charge is -2.33. The van der Waals surface area contributed by atoms with Crippen LogP contribution in [0.2, 0.25) is 5.02 Å². The monoisotopic (exact) mass is 279 g/mol. The summed E-state index contributed by atoms with van der Waals surface area (Å²) in [5, 5.41) is 9.51. The summed E-state index contributed by atoms with van der Waals surface area (Å²) in [6.45, 7) is 1.20. The number of hydrogen-bond donors (Lipinski definition) is 1. The summed E-state index contributed by atoms with van der Waals surface area (Å²) in [5.41, 5.74) is 2.22. The van der Waals surface area contributed by atoms with Gasteiger partial charge < -0.3 is 10.0 Å². The summed E-state index contributed by atoms with van der Waals surface area (Å²) < 4.78 is 0. The minimum atomic E-state index is -0.791. The van der Waals surface area contributed by atoms with Gasteiger partial charge in [-0.05, 0) is 36.1 Å². The highest BCUT2D eigenvalue weighted by Gasteiger charge is 2.41. The second-order valence-corrected chi connectivity index (χ2v) is 5.75. The molecule has 0 unspecified atom stereocenters. The number of rotatable bonds is 2. The van der Waals surface area contributed by atoms with Gasteiger partial charge in [-0.3, -0.25) is 9.59 Å². The van der Waals surface area contributed by atoms with E-state index in [0.29, 0.717) is 31.0 Å². The molecular weight excluding hydrogens is 266 g/mol. The van der Waals surface area contributed by atoms with Gasteiger partial charge in [0.05, 0.1) is 5.92 Å². The van der Waals surface area contributed by atoms with Crippen molar-refractivity contribution >= 4 is 23.5 Å². The Hall–Kier alpha value is -1.55. The third-order valence-corrected chi connectivity index (χ3v) is 4.27. The van der Waals surface area contributed by atoms with Gasteiger partial charge in [-0.1, -0.05) is 17.7 Å². The highest BCUT2D eigenvalue weighted by atomic mass is 35.5. The van der Waals surface area contributed by atoms with E-state index in [0.717, 1.165) is 11.1 Å². The van der Waals surface area contributed by atoms with Crippen molar-refractivity contribution < 1.29 is 14.7 Å². The molecule has 4 nitrogen and oxygen atoms in total. The number of halogens is 1. The Morgan fingerprint density at radius 3 is 2.53 bits per heavy atom. The Kier molecular flexibility index (Phi) is 2.97. The highest BCUT2D eigenvalue weighted by molar-refractivity contribution is 6.30. The lowest BCUT2D eigenvalue weighted by Crippen LogP contribution is -2.41. The van der Waals surface area contributed by atoms with Gasteiger partial charge in [0.2, 0.25) is 5.91 Å². The number of benzene rings is 1. The van der Waals surface area contributed by atoms with Crippen LogP contribution in [-0.4, -0.2) is 21.9 Å². The van der Waals surface area contributed by atoms with Crippen LogP contribution in [0.1, 0.15) is 24.0 Å². The molecule has 0 bridgehead atoms. The average Bonchev–Trinajstić information content (AvgIpc) is 2.68. The number of carbonyl (C=O) groups excluding carboxylic acids is 1. The number of nitrogens with zero attached hydrogens (tertiary/aromatic N) is 1. The number of carboxylic acids is 1. The van der Waals surface area contributed by atoms with Crippen LogP contribution in [-0.2, 0) is 22.7 Å². The molecular formula is C14H14ClNO3. The predicted molar refractivity (Wildman–Crippen MR) is 69.6 cm³/mol. The number of carbonyl (C=O) groups is 2. The Bertz CT molecular complexity index is 552. The van der Waals surface area contributed by atoms with Crippen LogP contribution in [0, 0.1) is 11.8 Å². The Morgan fingerprint density at radius 2 is 1.84 bits per heavy atom. The van der Waals surface area contributed by atoms with E-state index in [4.69, 9.17) is 16.7 Å². The first-order valence-corrected chi connectivity index (χ1v) is 6.71. The molecule has 1 N–H and O–H groups in total. The van der Waals surface area contributed by atoms with Crippen LogP contribution >= 0.6 is 11.6 Å². The third-order valence-electron chi connectivity index (χ3n) is 4.04. The van der Waals surface area contributed by atoms with E-state index in [1.54, 1.807) is 4.90 Å². The molecule has 1 heterocycles. The van der Waals surface area contributed by atoms with Crippen molar-refractivity contribution in [2.24, 2.45) is 11.8 Å². The van der Waals surface area contributed by atoms with Crippen molar-refractivity contribution in [1.29, 1.82) is 0 Å². The lowest BCUT2D eigenvalue weighted by atomic mass is 9.74. The smallest absolute Gasteiger partial charge is 0.306 e. The molecule has 1 saturated carbocycles. The van der Waals surface area contributed by atoms with Gasteiger partial charge in [-0.15, -0.1) is 0 Å². The molecule has 1 fully saturated rings. The van der Waals surface area contributed by atoms with Gasteiger partial charge in [0.25, 0.3) is 0 Å². The van der Waals surface area contributed by atoms with E-state index in [-0.39, 0.29) is 17.7 Å². The number of aliphatic carboxylic acids is 1. The summed E-state index contributed by atoms with van der Waals surface area (Å²) >= 11 is 5.94. The number of fused-ring (bicyclic) bond motifs is 1. The minimum absolute atomic E-state index is 0.0739. The van der Waals surface area contributed by atoms with E-state index in [2.05, 4.69) is 0 Å². The molecule has 1 aliphatic carbocycles. The molecule has 5 heteroatoms. The molecule has 0 saturated heterocycles. The quantitative estimate of drug-likeness (QED) is 0.904. The van der Waals surface area contributed by atoms with Crippen LogP contribution in [0.25, 0.3) is 0 Å². The van der Waals surface area contributed by atoms with Gasteiger partial charge in [0.15, 0.2) is 0 Å². The minimum Gasteiger partial charge on any atom is -0.481 e. The van der Waals surface area contributed by atoms with Crippen molar-refractivity contribution in [3.05, 3.63) is 34.3 Å². The van der Waals surface area contributed by atoms with Crippen LogP contribution in [0.4, 0.5) is 0 Å². The van der Waals surface area contributed by atoms with Crippen molar-refractivity contribution in [2.75, 3.05) is 0 Å². The maximum atomic E-state index is 12.2. The maximum Gasteiger partial charge on any atom is 0.306 e.